The van der Waals surface area contributed by atoms with Crippen LogP contribution in [0.15, 0.2) is 12.5 Å². The van der Waals surface area contributed by atoms with Crippen molar-refractivity contribution in [2.24, 2.45) is 5.92 Å². The maximum Gasteiger partial charge on any atom is 0.408 e. The molecule has 9 nitrogen and oxygen atoms in total. The van der Waals surface area contributed by atoms with Crippen molar-refractivity contribution in [3.05, 3.63) is 12.5 Å². The van der Waals surface area contributed by atoms with Gasteiger partial charge in [0.2, 0.25) is 5.91 Å². The molecule has 0 aliphatic carbocycles. The fraction of sp³-hybridized carbons (Fsp3) is 0.684. The molecule has 0 aromatic carbocycles. The number of anilines is 1. The van der Waals surface area contributed by atoms with Crippen molar-refractivity contribution in [3.8, 4) is 0 Å². The topological polar surface area (TPSA) is 112 Å². The van der Waals surface area contributed by atoms with Crippen molar-refractivity contribution in [1.29, 1.82) is 0 Å². The fourth-order valence-electron chi connectivity index (χ4n) is 2.41. The van der Waals surface area contributed by atoms with Crippen LogP contribution in [-0.2, 0) is 24.6 Å². The lowest BCUT2D eigenvalue weighted by atomic mass is 10.0. The minimum atomic E-state index is -0.975. The third-order valence-electron chi connectivity index (χ3n) is 3.88. The number of hydrogen-bond acceptors (Lipinski definition) is 6. The number of nitrogens with zero attached hydrogens (tertiary/aromatic N) is 2. The maximum absolute atomic E-state index is 12.7. The highest BCUT2D eigenvalue weighted by Gasteiger charge is 2.31. The van der Waals surface area contributed by atoms with Crippen LogP contribution in [0, 0.1) is 5.92 Å². The smallest absolute Gasteiger partial charge is 0.408 e. The number of aromatic nitrogens is 2. The third kappa shape index (κ3) is 6.86. The number of methoxy groups -OCH3 is 1. The molecule has 9 heteroatoms. The van der Waals surface area contributed by atoms with Gasteiger partial charge >= 0.3 is 12.1 Å². The van der Waals surface area contributed by atoms with E-state index in [4.69, 9.17) is 9.47 Å². The second kappa shape index (κ2) is 9.07. The lowest BCUT2D eigenvalue weighted by Gasteiger charge is -2.24. The van der Waals surface area contributed by atoms with Crippen molar-refractivity contribution in [2.45, 2.75) is 72.1 Å². The molecule has 2 N–H and O–H groups in total. The van der Waals surface area contributed by atoms with Gasteiger partial charge in [-0.2, -0.15) is 0 Å². The van der Waals surface area contributed by atoms with E-state index in [1.54, 1.807) is 39.2 Å². The van der Waals surface area contributed by atoms with Gasteiger partial charge < -0.3 is 24.7 Å². The quantitative estimate of drug-likeness (QED) is 0.686. The zero-order valence-electron chi connectivity index (χ0n) is 18.0. The Morgan fingerprint density at radius 2 is 1.79 bits per heavy atom. The summed E-state index contributed by atoms with van der Waals surface area (Å²) in [5, 5.41) is 5.28. The molecule has 0 aliphatic heterocycles. The van der Waals surface area contributed by atoms with Crippen molar-refractivity contribution in [1.82, 2.24) is 14.9 Å². The summed E-state index contributed by atoms with van der Waals surface area (Å²) in [6.07, 6.45) is 2.74. The third-order valence-corrected chi connectivity index (χ3v) is 3.88. The molecule has 0 spiro atoms. The van der Waals surface area contributed by atoms with E-state index in [1.807, 2.05) is 13.8 Å². The number of alkyl carbamates (subject to hydrolysis) is 1. The first-order chi connectivity index (χ1) is 12.8. The molecule has 1 rings (SSSR count). The zero-order chi connectivity index (χ0) is 21.7. The number of carbonyl (C=O) groups is 3. The normalized spacial score (nSPS) is 13.0. The van der Waals surface area contributed by atoms with Crippen LogP contribution in [-0.4, -0.2) is 46.3 Å². The predicted octanol–water partition coefficient (Wildman–Crippen LogP) is 2.67. The highest BCUT2D eigenvalue weighted by Crippen LogP contribution is 2.19. The molecule has 1 unspecified atom stereocenters. The van der Waals surface area contributed by atoms with Gasteiger partial charge in [-0.15, -0.1) is 0 Å². The van der Waals surface area contributed by atoms with E-state index in [-0.39, 0.29) is 11.7 Å². The molecular weight excluding hydrogens is 364 g/mol. The van der Waals surface area contributed by atoms with Gasteiger partial charge in [-0.25, -0.2) is 14.6 Å². The second-order valence-corrected chi connectivity index (χ2v) is 8.53. The number of amides is 2. The van der Waals surface area contributed by atoms with Gasteiger partial charge in [0, 0.05) is 6.20 Å². The van der Waals surface area contributed by atoms with Crippen molar-refractivity contribution < 1.29 is 23.9 Å². The number of carbonyl (C=O) groups excluding carboxylic acids is 3. The van der Waals surface area contributed by atoms with Gasteiger partial charge in [0.05, 0.1) is 13.4 Å². The Balaban J connectivity index is 2.88. The van der Waals surface area contributed by atoms with E-state index in [0.29, 0.717) is 6.42 Å². The molecule has 158 valence electrons. The summed E-state index contributed by atoms with van der Waals surface area (Å²) >= 11 is 0. The van der Waals surface area contributed by atoms with Crippen LogP contribution < -0.4 is 10.6 Å². The van der Waals surface area contributed by atoms with Gasteiger partial charge in [0.1, 0.15) is 17.2 Å². The van der Waals surface area contributed by atoms with Gasteiger partial charge in [-0.1, -0.05) is 13.8 Å². The van der Waals surface area contributed by atoms with Crippen molar-refractivity contribution in [2.75, 3.05) is 12.4 Å². The molecular formula is C19H32N4O5. The monoisotopic (exact) mass is 396 g/mol. The number of esters is 1. The molecule has 0 bridgehead atoms. The van der Waals surface area contributed by atoms with Gasteiger partial charge in [-0.05, 0) is 47.0 Å². The summed E-state index contributed by atoms with van der Waals surface area (Å²) < 4.78 is 11.6. The molecule has 1 heterocycles. The van der Waals surface area contributed by atoms with E-state index >= 15 is 0 Å². The molecule has 1 atom stereocenters. The number of rotatable bonds is 7. The highest BCUT2D eigenvalue weighted by atomic mass is 16.6. The Labute approximate surface area is 166 Å². The van der Waals surface area contributed by atoms with E-state index in [0.717, 1.165) is 0 Å². The van der Waals surface area contributed by atoms with Crippen LogP contribution in [0.1, 0.15) is 54.9 Å². The number of ether oxygens (including phenoxy) is 2. The largest absolute Gasteiger partial charge is 0.467 e. The first kappa shape index (κ1) is 23.5. The molecule has 0 saturated carbocycles. The molecule has 2 amide bonds. The summed E-state index contributed by atoms with van der Waals surface area (Å²) in [5.41, 5.74) is -1.64. The molecule has 1 aromatic heterocycles. The molecule has 0 saturated heterocycles. The van der Waals surface area contributed by atoms with Crippen LogP contribution in [0.25, 0.3) is 0 Å². The van der Waals surface area contributed by atoms with E-state index in [1.165, 1.54) is 19.6 Å². The van der Waals surface area contributed by atoms with Crippen LogP contribution in [0.4, 0.5) is 10.6 Å². The van der Waals surface area contributed by atoms with Crippen molar-refractivity contribution >= 4 is 23.8 Å². The van der Waals surface area contributed by atoms with Crippen LogP contribution in [0.3, 0.4) is 0 Å². The molecule has 0 radical (unpaired) electrons. The van der Waals surface area contributed by atoms with Crippen LogP contribution in [0.2, 0.25) is 0 Å². The van der Waals surface area contributed by atoms with Gasteiger partial charge in [0.15, 0.2) is 5.82 Å². The van der Waals surface area contributed by atoms with Crippen LogP contribution >= 0.6 is 0 Å². The fourth-order valence-corrected chi connectivity index (χ4v) is 2.41. The van der Waals surface area contributed by atoms with Gasteiger partial charge in [-0.3, -0.25) is 4.79 Å². The highest BCUT2D eigenvalue weighted by molar-refractivity contribution is 5.95. The molecule has 0 aliphatic rings. The Morgan fingerprint density at radius 3 is 2.29 bits per heavy atom. The average molecular weight is 396 g/mol. The SMILES string of the molecule is COC(=O)C(C)(C)n1cnc(NC(=O)C(CC(C)C)NC(=O)OC(C)(C)C)c1. The van der Waals surface area contributed by atoms with Crippen LogP contribution in [0.5, 0.6) is 0 Å². The summed E-state index contributed by atoms with van der Waals surface area (Å²) in [6.45, 7) is 12.5. The van der Waals surface area contributed by atoms with Gasteiger partial charge in [0.25, 0.3) is 0 Å². The molecule has 0 fully saturated rings. The van der Waals surface area contributed by atoms with E-state index in [9.17, 15) is 14.4 Å². The lowest BCUT2D eigenvalue weighted by Crippen LogP contribution is -2.46. The standard InChI is InChI=1S/C19H32N4O5/c1-12(2)9-13(21-17(26)28-18(3,4)5)15(24)22-14-10-23(11-20-14)19(6,7)16(25)27-8/h10-13H,9H2,1-8H3,(H,21,26)(H,22,24). The Hall–Kier alpha value is -2.58. The Morgan fingerprint density at radius 1 is 1.18 bits per heavy atom. The summed E-state index contributed by atoms with van der Waals surface area (Å²) in [4.78, 5) is 40.8. The first-order valence-corrected chi connectivity index (χ1v) is 9.19. The Kier molecular flexibility index (Phi) is 7.60. The first-order valence-electron chi connectivity index (χ1n) is 9.19. The summed E-state index contributed by atoms with van der Waals surface area (Å²) in [5.74, 6) is -0.420. The minimum absolute atomic E-state index is 0.168. The predicted molar refractivity (Wildman–Crippen MR) is 105 cm³/mol. The number of imidazole rings is 1. The summed E-state index contributed by atoms with van der Waals surface area (Å²) in [6, 6.07) is -0.784. The lowest BCUT2D eigenvalue weighted by molar-refractivity contribution is -0.149. The van der Waals surface area contributed by atoms with E-state index < -0.39 is 35.2 Å². The minimum Gasteiger partial charge on any atom is -0.467 e. The average Bonchev–Trinajstić information content (AvgIpc) is 3.00. The van der Waals surface area contributed by atoms with Crippen molar-refractivity contribution in [3.63, 3.8) is 0 Å². The maximum atomic E-state index is 12.7. The number of nitrogens with one attached hydrogen (secondary N) is 2. The summed E-state index contributed by atoms with van der Waals surface area (Å²) in [7, 11) is 1.31. The zero-order valence-corrected chi connectivity index (χ0v) is 18.0. The number of hydrogen-bond donors (Lipinski definition) is 2. The molecule has 28 heavy (non-hydrogen) atoms. The van der Waals surface area contributed by atoms with E-state index in [2.05, 4.69) is 15.6 Å². The second-order valence-electron chi connectivity index (χ2n) is 8.53. The Bertz CT molecular complexity index is 703. The molecule has 1 aromatic rings.